The first-order chi connectivity index (χ1) is 6.83. The monoisotopic (exact) mass is 201 g/mol. The molecular weight excluding hydrogens is 178 g/mol. The fraction of sp³-hybridized carbons (Fsp3) is 1.00. The summed E-state index contributed by atoms with van der Waals surface area (Å²) in [4.78, 5) is 0. The zero-order valence-corrected chi connectivity index (χ0v) is 9.42. The van der Waals surface area contributed by atoms with Crippen LogP contribution in [0.4, 0.5) is 0 Å². The van der Waals surface area contributed by atoms with Gasteiger partial charge in [-0.1, -0.05) is 0 Å². The highest BCUT2D eigenvalue weighted by Gasteiger charge is 2.14. The molecule has 1 N–H and O–H groups in total. The van der Waals surface area contributed by atoms with E-state index in [1.54, 1.807) is 0 Å². The van der Waals surface area contributed by atoms with Crippen LogP contribution in [-0.4, -0.2) is 39.0 Å². The first-order valence-electron chi connectivity index (χ1n) is 5.70. The summed E-state index contributed by atoms with van der Waals surface area (Å²) in [7, 11) is 1.97. The average molecular weight is 201 g/mol. The zero-order valence-electron chi connectivity index (χ0n) is 9.42. The first kappa shape index (κ1) is 12.0. The first-order valence-corrected chi connectivity index (χ1v) is 5.70. The number of rotatable bonds is 6. The Kier molecular flexibility index (Phi) is 6.15. The molecule has 84 valence electrons. The molecule has 1 rings (SSSR count). The summed E-state index contributed by atoms with van der Waals surface area (Å²) in [6.07, 6.45) is 5.43. The third-order valence-electron chi connectivity index (χ3n) is 2.64. The van der Waals surface area contributed by atoms with Crippen LogP contribution in [-0.2, 0) is 9.47 Å². The second kappa shape index (κ2) is 7.21. The molecule has 0 spiro atoms. The number of ether oxygens (including phenoxy) is 2. The second-order valence-corrected chi connectivity index (χ2v) is 4.02. The van der Waals surface area contributed by atoms with Crippen molar-refractivity contribution in [1.82, 2.24) is 5.32 Å². The van der Waals surface area contributed by atoms with E-state index in [0.29, 0.717) is 12.2 Å². The van der Waals surface area contributed by atoms with Crippen molar-refractivity contribution in [3.8, 4) is 0 Å². The predicted molar refractivity (Wildman–Crippen MR) is 57.5 cm³/mol. The second-order valence-electron chi connectivity index (χ2n) is 4.02. The van der Waals surface area contributed by atoms with E-state index < -0.39 is 0 Å². The van der Waals surface area contributed by atoms with Crippen molar-refractivity contribution in [3.63, 3.8) is 0 Å². The summed E-state index contributed by atoms with van der Waals surface area (Å²) >= 11 is 0. The summed E-state index contributed by atoms with van der Waals surface area (Å²) in [5.74, 6) is 0. The van der Waals surface area contributed by atoms with Gasteiger partial charge in [0, 0.05) is 6.61 Å². The van der Waals surface area contributed by atoms with Gasteiger partial charge in [0.25, 0.3) is 0 Å². The highest BCUT2D eigenvalue weighted by atomic mass is 16.5. The Morgan fingerprint density at radius 2 is 2.36 bits per heavy atom. The lowest BCUT2D eigenvalue weighted by molar-refractivity contribution is -0.0601. The van der Waals surface area contributed by atoms with Crippen LogP contribution in [0.5, 0.6) is 0 Å². The molecule has 0 bridgehead atoms. The number of hydrogen-bond acceptors (Lipinski definition) is 3. The van der Waals surface area contributed by atoms with Gasteiger partial charge >= 0.3 is 0 Å². The van der Waals surface area contributed by atoms with Crippen LogP contribution in [0.25, 0.3) is 0 Å². The molecule has 0 aromatic heterocycles. The summed E-state index contributed by atoms with van der Waals surface area (Å²) in [6.45, 7) is 4.83. The molecule has 14 heavy (non-hydrogen) atoms. The fourth-order valence-electron chi connectivity index (χ4n) is 1.64. The van der Waals surface area contributed by atoms with Gasteiger partial charge in [0.1, 0.15) is 0 Å². The maximum Gasteiger partial charge on any atom is 0.0808 e. The highest BCUT2D eigenvalue weighted by molar-refractivity contribution is 4.63. The molecule has 0 aliphatic carbocycles. The van der Waals surface area contributed by atoms with Crippen molar-refractivity contribution in [2.24, 2.45) is 0 Å². The molecule has 2 atom stereocenters. The smallest absolute Gasteiger partial charge is 0.0808 e. The highest BCUT2D eigenvalue weighted by Crippen LogP contribution is 2.13. The van der Waals surface area contributed by atoms with Crippen LogP contribution in [0.1, 0.15) is 32.6 Å². The third-order valence-corrected chi connectivity index (χ3v) is 2.64. The molecule has 1 saturated heterocycles. The van der Waals surface area contributed by atoms with E-state index in [0.717, 1.165) is 26.2 Å². The molecule has 1 aliphatic heterocycles. The quantitative estimate of drug-likeness (QED) is 0.707. The van der Waals surface area contributed by atoms with Gasteiger partial charge in [0.05, 0.1) is 18.8 Å². The van der Waals surface area contributed by atoms with Gasteiger partial charge < -0.3 is 14.8 Å². The molecule has 0 aromatic rings. The molecule has 1 heterocycles. The molecule has 1 fully saturated rings. The van der Waals surface area contributed by atoms with Gasteiger partial charge in [-0.25, -0.2) is 0 Å². The SMILES string of the molecule is CNCCC(C)OCC1CCCCO1. The Bertz CT molecular complexity index is 135. The number of hydrogen-bond donors (Lipinski definition) is 1. The molecule has 3 nitrogen and oxygen atoms in total. The fourth-order valence-corrected chi connectivity index (χ4v) is 1.64. The van der Waals surface area contributed by atoms with Crippen molar-refractivity contribution in [1.29, 1.82) is 0 Å². The summed E-state index contributed by atoms with van der Waals surface area (Å²) < 4.78 is 11.3. The third kappa shape index (κ3) is 4.94. The lowest BCUT2D eigenvalue weighted by Gasteiger charge is -2.24. The maximum absolute atomic E-state index is 5.72. The molecule has 0 radical (unpaired) electrons. The minimum atomic E-state index is 0.341. The van der Waals surface area contributed by atoms with Crippen molar-refractivity contribution in [3.05, 3.63) is 0 Å². The van der Waals surface area contributed by atoms with Crippen molar-refractivity contribution < 1.29 is 9.47 Å². The van der Waals surface area contributed by atoms with E-state index >= 15 is 0 Å². The van der Waals surface area contributed by atoms with E-state index in [1.165, 1.54) is 19.3 Å². The standard InChI is InChI=1S/C11H23NO2/c1-10(6-7-12-2)14-9-11-5-3-4-8-13-11/h10-12H,3-9H2,1-2H3. The van der Waals surface area contributed by atoms with Gasteiger partial charge in [-0.15, -0.1) is 0 Å². The summed E-state index contributed by atoms with van der Waals surface area (Å²) in [6, 6.07) is 0. The molecule has 0 saturated carbocycles. The predicted octanol–water partition coefficient (Wildman–Crippen LogP) is 1.57. The minimum Gasteiger partial charge on any atom is -0.376 e. The topological polar surface area (TPSA) is 30.5 Å². The van der Waals surface area contributed by atoms with Gasteiger partial charge in [-0.3, -0.25) is 0 Å². The van der Waals surface area contributed by atoms with Crippen LogP contribution >= 0.6 is 0 Å². The molecule has 0 aromatic carbocycles. The van der Waals surface area contributed by atoms with Crippen LogP contribution in [0.15, 0.2) is 0 Å². The minimum absolute atomic E-state index is 0.341. The van der Waals surface area contributed by atoms with Crippen LogP contribution in [0.3, 0.4) is 0 Å². The Labute approximate surface area is 87.2 Å². The molecular formula is C11H23NO2. The molecule has 1 aliphatic rings. The van der Waals surface area contributed by atoms with E-state index in [-0.39, 0.29) is 0 Å². The van der Waals surface area contributed by atoms with Crippen molar-refractivity contribution in [2.75, 3.05) is 26.8 Å². The van der Waals surface area contributed by atoms with E-state index in [4.69, 9.17) is 9.47 Å². The summed E-state index contributed by atoms with van der Waals surface area (Å²) in [5, 5.41) is 3.13. The molecule has 2 unspecified atom stereocenters. The Morgan fingerprint density at radius 3 is 3.00 bits per heavy atom. The van der Waals surface area contributed by atoms with Crippen LogP contribution in [0, 0.1) is 0 Å². The Morgan fingerprint density at radius 1 is 1.50 bits per heavy atom. The van der Waals surface area contributed by atoms with Gasteiger partial charge in [-0.2, -0.15) is 0 Å². The Hall–Kier alpha value is -0.120. The van der Waals surface area contributed by atoms with Crippen LogP contribution < -0.4 is 5.32 Å². The largest absolute Gasteiger partial charge is 0.376 e. The van der Waals surface area contributed by atoms with E-state index in [2.05, 4.69) is 12.2 Å². The normalized spacial score (nSPS) is 24.9. The maximum atomic E-state index is 5.72. The Balaban J connectivity index is 2.00. The summed E-state index contributed by atoms with van der Waals surface area (Å²) in [5.41, 5.74) is 0. The zero-order chi connectivity index (χ0) is 10.2. The average Bonchev–Trinajstić information content (AvgIpc) is 2.25. The van der Waals surface area contributed by atoms with E-state index in [1.807, 2.05) is 7.05 Å². The molecule has 3 heteroatoms. The van der Waals surface area contributed by atoms with Gasteiger partial charge in [0.2, 0.25) is 0 Å². The van der Waals surface area contributed by atoms with Gasteiger partial charge in [0.15, 0.2) is 0 Å². The van der Waals surface area contributed by atoms with Gasteiger partial charge in [-0.05, 0) is 46.2 Å². The van der Waals surface area contributed by atoms with Crippen molar-refractivity contribution in [2.45, 2.75) is 44.8 Å². The lowest BCUT2D eigenvalue weighted by Crippen LogP contribution is -2.27. The number of nitrogens with one attached hydrogen (secondary N) is 1. The van der Waals surface area contributed by atoms with Crippen LogP contribution in [0.2, 0.25) is 0 Å². The van der Waals surface area contributed by atoms with E-state index in [9.17, 15) is 0 Å². The van der Waals surface area contributed by atoms with Crippen molar-refractivity contribution >= 4 is 0 Å². The molecule has 0 amide bonds. The lowest BCUT2D eigenvalue weighted by atomic mass is 10.1.